The summed E-state index contributed by atoms with van der Waals surface area (Å²) in [4.78, 5) is 52.9. The van der Waals surface area contributed by atoms with Gasteiger partial charge < -0.3 is 29.9 Å². The van der Waals surface area contributed by atoms with Crippen molar-refractivity contribution in [1.29, 1.82) is 0 Å². The van der Waals surface area contributed by atoms with Crippen LogP contribution in [0.25, 0.3) is 0 Å². The molecule has 1 aromatic carbocycles. The molecule has 2 atom stereocenters. The number of amides is 4. The fraction of sp³-hybridized carbons (Fsp3) is 0.417. The summed E-state index contributed by atoms with van der Waals surface area (Å²) in [7, 11) is 3.16. The van der Waals surface area contributed by atoms with Gasteiger partial charge in [0.25, 0.3) is 0 Å². The molecule has 2 aliphatic rings. The standard InChI is InChI=1S/C24H30N4O6/c1-7-33-21(29)17-13(3)27(5)23(31)25-19(17)15-9-11-16(12-10-15)20-18(22(30)34-8-2)14(4)28(6)24(32)26-20/h9-12,19-20H,7-8H2,1-6H3,(H,25,31)(H,26,32)/t19-,20-/m1/s1. The van der Waals surface area contributed by atoms with Crippen LogP contribution < -0.4 is 10.6 Å². The van der Waals surface area contributed by atoms with Gasteiger partial charge in [-0.25, -0.2) is 19.2 Å². The van der Waals surface area contributed by atoms with E-state index in [1.807, 2.05) is 0 Å². The predicted octanol–water partition coefficient (Wildman–Crippen LogP) is 2.75. The van der Waals surface area contributed by atoms with Gasteiger partial charge in [-0.2, -0.15) is 0 Å². The lowest BCUT2D eigenvalue weighted by Crippen LogP contribution is -2.46. The molecule has 2 N–H and O–H groups in total. The van der Waals surface area contributed by atoms with Gasteiger partial charge in [0.2, 0.25) is 0 Å². The molecule has 10 heteroatoms. The van der Waals surface area contributed by atoms with Crippen molar-refractivity contribution in [2.45, 2.75) is 39.8 Å². The Hall–Kier alpha value is -3.82. The van der Waals surface area contributed by atoms with Gasteiger partial charge in [-0.15, -0.1) is 0 Å². The molecule has 0 aliphatic carbocycles. The Bertz CT molecular complexity index is 990. The van der Waals surface area contributed by atoms with Crippen molar-refractivity contribution in [3.05, 3.63) is 57.9 Å². The SMILES string of the molecule is CCOC(=O)C1=C(C)N(C)C(=O)N[C@@H]1c1ccc([C@H]2NC(=O)N(C)C(C)=C2C(=O)OCC)cc1. The van der Waals surface area contributed by atoms with Crippen LogP contribution in [0.5, 0.6) is 0 Å². The summed E-state index contributed by atoms with van der Waals surface area (Å²) in [6, 6.07) is 4.91. The molecule has 0 spiro atoms. The van der Waals surface area contributed by atoms with Crippen molar-refractivity contribution in [3.63, 3.8) is 0 Å². The van der Waals surface area contributed by atoms with Crippen LogP contribution in [0.15, 0.2) is 46.8 Å². The molecular weight excluding hydrogens is 440 g/mol. The summed E-state index contributed by atoms with van der Waals surface area (Å²) in [6.45, 7) is 7.23. The lowest BCUT2D eigenvalue weighted by atomic mass is 9.91. The fourth-order valence-electron chi connectivity index (χ4n) is 4.00. The maximum atomic E-state index is 12.7. The molecule has 4 amide bonds. The molecule has 0 aromatic heterocycles. The zero-order chi connectivity index (χ0) is 25.2. The van der Waals surface area contributed by atoms with Crippen LogP contribution in [0.2, 0.25) is 0 Å². The number of hydrogen-bond acceptors (Lipinski definition) is 6. The van der Waals surface area contributed by atoms with E-state index in [9.17, 15) is 19.2 Å². The number of allylic oxidation sites excluding steroid dienone is 2. The Kier molecular flexibility index (Phi) is 7.29. The van der Waals surface area contributed by atoms with E-state index in [1.165, 1.54) is 9.80 Å². The third kappa shape index (κ3) is 4.48. The van der Waals surface area contributed by atoms with E-state index in [0.717, 1.165) is 0 Å². The van der Waals surface area contributed by atoms with Gasteiger partial charge in [-0.05, 0) is 38.8 Å². The number of hydrogen-bond donors (Lipinski definition) is 2. The van der Waals surface area contributed by atoms with E-state index < -0.39 is 24.0 Å². The zero-order valence-corrected chi connectivity index (χ0v) is 20.2. The topological polar surface area (TPSA) is 117 Å². The molecule has 0 saturated carbocycles. The Balaban J connectivity index is 2.00. The Morgan fingerprint density at radius 2 is 1.09 bits per heavy atom. The van der Waals surface area contributed by atoms with E-state index in [2.05, 4.69) is 10.6 Å². The van der Waals surface area contributed by atoms with Crippen LogP contribution >= 0.6 is 0 Å². The van der Waals surface area contributed by atoms with Gasteiger partial charge >= 0.3 is 24.0 Å². The maximum absolute atomic E-state index is 12.7. The van der Waals surface area contributed by atoms with Crippen molar-refractivity contribution >= 4 is 24.0 Å². The molecule has 182 valence electrons. The normalized spacial score (nSPS) is 20.8. The van der Waals surface area contributed by atoms with E-state index in [1.54, 1.807) is 66.1 Å². The Morgan fingerprint density at radius 3 is 1.38 bits per heavy atom. The van der Waals surface area contributed by atoms with Gasteiger partial charge in [-0.3, -0.25) is 0 Å². The Morgan fingerprint density at radius 1 is 0.765 bits per heavy atom. The predicted molar refractivity (Wildman–Crippen MR) is 123 cm³/mol. The first kappa shape index (κ1) is 24.8. The van der Waals surface area contributed by atoms with Gasteiger partial charge in [0, 0.05) is 25.5 Å². The second-order valence-electron chi connectivity index (χ2n) is 7.99. The average molecular weight is 471 g/mol. The number of carbonyl (C=O) groups excluding carboxylic acids is 4. The number of rotatable bonds is 6. The molecule has 2 heterocycles. The van der Waals surface area contributed by atoms with Crippen LogP contribution in [-0.2, 0) is 19.1 Å². The number of carbonyl (C=O) groups is 4. The summed E-state index contributed by atoms with van der Waals surface area (Å²) in [5, 5.41) is 5.67. The molecule has 2 aliphatic heterocycles. The van der Waals surface area contributed by atoms with Crippen molar-refractivity contribution in [2.75, 3.05) is 27.3 Å². The second kappa shape index (κ2) is 9.98. The molecule has 34 heavy (non-hydrogen) atoms. The van der Waals surface area contributed by atoms with Crippen molar-refractivity contribution in [3.8, 4) is 0 Å². The smallest absolute Gasteiger partial charge is 0.338 e. The first-order valence-electron chi connectivity index (χ1n) is 11.1. The number of nitrogens with one attached hydrogen (secondary N) is 2. The van der Waals surface area contributed by atoms with Crippen molar-refractivity contribution in [1.82, 2.24) is 20.4 Å². The summed E-state index contributed by atoms with van der Waals surface area (Å²) in [6.07, 6.45) is 0. The van der Waals surface area contributed by atoms with Crippen LogP contribution in [0, 0.1) is 0 Å². The highest BCUT2D eigenvalue weighted by atomic mass is 16.5. The number of esters is 2. The average Bonchev–Trinajstić information content (AvgIpc) is 2.80. The van der Waals surface area contributed by atoms with E-state index in [0.29, 0.717) is 33.7 Å². The molecule has 0 fully saturated rings. The lowest BCUT2D eigenvalue weighted by Gasteiger charge is -2.34. The number of benzene rings is 1. The summed E-state index contributed by atoms with van der Waals surface area (Å²) in [5.41, 5.74) is 3.00. The largest absolute Gasteiger partial charge is 0.463 e. The number of nitrogens with zero attached hydrogens (tertiary/aromatic N) is 2. The van der Waals surface area contributed by atoms with Crippen LogP contribution in [-0.4, -0.2) is 61.1 Å². The third-order valence-corrected chi connectivity index (χ3v) is 6.10. The molecule has 0 unspecified atom stereocenters. The van der Waals surface area contributed by atoms with Crippen molar-refractivity contribution in [2.24, 2.45) is 0 Å². The monoisotopic (exact) mass is 470 g/mol. The fourth-order valence-corrected chi connectivity index (χ4v) is 4.00. The molecular formula is C24H30N4O6. The molecule has 0 radical (unpaired) electrons. The van der Waals surface area contributed by atoms with Crippen LogP contribution in [0.1, 0.15) is 50.9 Å². The lowest BCUT2D eigenvalue weighted by molar-refractivity contribution is -0.140. The molecule has 0 bridgehead atoms. The highest BCUT2D eigenvalue weighted by Gasteiger charge is 2.37. The summed E-state index contributed by atoms with van der Waals surface area (Å²) < 4.78 is 10.4. The highest BCUT2D eigenvalue weighted by molar-refractivity contribution is 5.96. The van der Waals surface area contributed by atoms with E-state index in [4.69, 9.17) is 9.47 Å². The van der Waals surface area contributed by atoms with Crippen molar-refractivity contribution < 1.29 is 28.7 Å². The number of urea groups is 2. The van der Waals surface area contributed by atoms with E-state index in [-0.39, 0.29) is 25.3 Å². The summed E-state index contributed by atoms with van der Waals surface area (Å²) in [5.74, 6) is -1.02. The van der Waals surface area contributed by atoms with Gasteiger partial charge in [0.1, 0.15) is 0 Å². The van der Waals surface area contributed by atoms with E-state index >= 15 is 0 Å². The first-order valence-corrected chi connectivity index (χ1v) is 11.1. The molecule has 1 aromatic rings. The quantitative estimate of drug-likeness (QED) is 0.618. The van der Waals surface area contributed by atoms with Crippen LogP contribution in [0.4, 0.5) is 9.59 Å². The number of ether oxygens (including phenoxy) is 2. The minimum atomic E-state index is -0.703. The zero-order valence-electron chi connectivity index (χ0n) is 20.2. The summed E-state index contributed by atoms with van der Waals surface area (Å²) >= 11 is 0. The molecule has 3 rings (SSSR count). The van der Waals surface area contributed by atoms with Gasteiger partial charge in [0.05, 0.1) is 36.4 Å². The highest BCUT2D eigenvalue weighted by Crippen LogP contribution is 2.34. The minimum absolute atomic E-state index is 0.205. The maximum Gasteiger partial charge on any atom is 0.338 e. The minimum Gasteiger partial charge on any atom is -0.463 e. The second-order valence-corrected chi connectivity index (χ2v) is 7.99. The van der Waals surface area contributed by atoms with Crippen LogP contribution in [0.3, 0.4) is 0 Å². The van der Waals surface area contributed by atoms with Gasteiger partial charge in [-0.1, -0.05) is 24.3 Å². The molecule has 0 saturated heterocycles. The third-order valence-electron chi connectivity index (χ3n) is 6.10. The Labute approximate surface area is 198 Å². The molecule has 10 nitrogen and oxygen atoms in total. The van der Waals surface area contributed by atoms with Gasteiger partial charge in [0.15, 0.2) is 0 Å². The first-order chi connectivity index (χ1) is 16.1.